The predicted octanol–water partition coefficient (Wildman–Crippen LogP) is 3.92. The van der Waals surface area contributed by atoms with E-state index in [1.165, 1.54) is 15.8 Å². The van der Waals surface area contributed by atoms with Gasteiger partial charge in [-0.15, -0.1) is 0 Å². The lowest BCUT2D eigenvalue weighted by Crippen LogP contribution is -1.98. The summed E-state index contributed by atoms with van der Waals surface area (Å²) in [6.07, 6.45) is 3.65. The Morgan fingerprint density at radius 1 is 1.21 bits per heavy atom. The molecule has 0 aliphatic heterocycles. The average molecular weight is 269 g/mol. The molecular formula is C15H15N3S. The van der Waals surface area contributed by atoms with E-state index in [1.54, 1.807) is 17.5 Å². The van der Waals surface area contributed by atoms with Gasteiger partial charge in [-0.25, -0.2) is 4.98 Å². The molecule has 0 aliphatic carbocycles. The number of pyridine rings is 1. The quantitative estimate of drug-likeness (QED) is 0.783. The number of benzene rings is 1. The molecule has 96 valence electrons. The molecule has 0 bridgehead atoms. The SMILES string of the molecule is Cc1cc2nc(NCc3cccnc3)sc2cc1C. The number of nitrogens with zero attached hydrogens (tertiary/aromatic N) is 2. The van der Waals surface area contributed by atoms with Gasteiger partial charge in [-0.1, -0.05) is 17.4 Å². The maximum atomic E-state index is 4.62. The van der Waals surface area contributed by atoms with Crippen molar-refractivity contribution in [2.75, 3.05) is 5.32 Å². The summed E-state index contributed by atoms with van der Waals surface area (Å²) in [5.74, 6) is 0. The Balaban J connectivity index is 1.82. The summed E-state index contributed by atoms with van der Waals surface area (Å²) in [7, 11) is 0. The van der Waals surface area contributed by atoms with E-state index in [4.69, 9.17) is 0 Å². The van der Waals surface area contributed by atoms with Gasteiger partial charge >= 0.3 is 0 Å². The molecule has 0 saturated carbocycles. The van der Waals surface area contributed by atoms with Gasteiger partial charge in [0.1, 0.15) is 0 Å². The molecule has 0 saturated heterocycles. The number of aryl methyl sites for hydroxylation is 2. The highest BCUT2D eigenvalue weighted by atomic mass is 32.1. The monoisotopic (exact) mass is 269 g/mol. The van der Waals surface area contributed by atoms with E-state index in [2.05, 4.69) is 47.3 Å². The van der Waals surface area contributed by atoms with Gasteiger partial charge in [0.05, 0.1) is 10.2 Å². The van der Waals surface area contributed by atoms with Crippen LogP contribution in [0.4, 0.5) is 5.13 Å². The third-order valence-electron chi connectivity index (χ3n) is 3.17. The van der Waals surface area contributed by atoms with Gasteiger partial charge in [-0.3, -0.25) is 4.98 Å². The third-order valence-corrected chi connectivity index (χ3v) is 4.15. The summed E-state index contributed by atoms with van der Waals surface area (Å²) in [5.41, 5.74) is 4.84. The van der Waals surface area contributed by atoms with Crippen LogP contribution in [-0.4, -0.2) is 9.97 Å². The van der Waals surface area contributed by atoms with E-state index >= 15 is 0 Å². The zero-order valence-corrected chi connectivity index (χ0v) is 11.8. The van der Waals surface area contributed by atoms with E-state index in [0.29, 0.717) is 0 Å². The number of hydrogen-bond acceptors (Lipinski definition) is 4. The number of hydrogen-bond donors (Lipinski definition) is 1. The minimum absolute atomic E-state index is 0.756. The van der Waals surface area contributed by atoms with Gasteiger partial charge in [-0.05, 0) is 48.7 Å². The van der Waals surface area contributed by atoms with Gasteiger partial charge < -0.3 is 5.32 Å². The van der Waals surface area contributed by atoms with Gasteiger partial charge in [0.2, 0.25) is 0 Å². The van der Waals surface area contributed by atoms with Crippen molar-refractivity contribution in [2.24, 2.45) is 0 Å². The molecule has 2 aromatic heterocycles. The molecule has 3 rings (SSSR count). The van der Waals surface area contributed by atoms with E-state index < -0.39 is 0 Å². The molecule has 0 amide bonds. The maximum absolute atomic E-state index is 4.62. The van der Waals surface area contributed by atoms with Crippen molar-refractivity contribution >= 4 is 26.7 Å². The molecule has 0 radical (unpaired) electrons. The molecule has 0 atom stereocenters. The lowest BCUT2D eigenvalue weighted by atomic mass is 10.1. The summed E-state index contributed by atoms with van der Waals surface area (Å²) >= 11 is 1.70. The molecule has 4 heteroatoms. The van der Waals surface area contributed by atoms with Crippen molar-refractivity contribution in [3.8, 4) is 0 Å². The van der Waals surface area contributed by atoms with Gasteiger partial charge in [0.25, 0.3) is 0 Å². The minimum atomic E-state index is 0.756. The maximum Gasteiger partial charge on any atom is 0.184 e. The number of anilines is 1. The summed E-state index contributed by atoms with van der Waals surface area (Å²) in [6, 6.07) is 8.36. The molecule has 0 fully saturated rings. The standard InChI is InChI=1S/C15H15N3S/c1-10-6-13-14(7-11(10)2)19-15(18-13)17-9-12-4-3-5-16-8-12/h3-8H,9H2,1-2H3,(H,17,18). The molecule has 1 aromatic carbocycles. The van der Waals surface area contributed by atoms with Crippen LogP contribution in [0.15, 0.2) is 36.7 Å². The molecule has 1 N–H and O–H groups in total. The molecule has 0 spiro atoms. The number of thiazole rings is 1. The zero-order valence-electron chi connectivity index (χ0n) is 11.0. The van der Waals surface area contributed by atoms with Crippen molar-refractivity contribution in [3.05, 3.63) is 53.3 Å². The van der Waals surface area contributed by atoms with Crippen LogP contribution in [0.2, 0.25) is 0 Å². The van der Waals surface area contributed by atoms with Crippen LogP contribution in [0.1, 0.15) is 16.7 Å². The molecule has 0 aliphatic rings. The molecule has 3 aromatic rings. The highest BCUT2D eigenvalue weighted by Gasteiger charge is 2.05. The lowest BCUT2D eigenvalue weighted by molar-refractivity contribution is 1.11. The Hall–Kier alpha value is -1.94. The van der Waals surface area contributed by atoms with Crippen molar-refractivity contribution in [1.29, 1.82) is 0 Å². The lowest BCUT2D eigenvalue weighted by Gasteiger charge is -2.00. The highest BCUT2D eigenvalue weighted by molar-refractivity contribution is 7.22. The summed E-state index contributed by atoms with van der Waals surface area (Å²) in [5, 5.41) is 4.32. The fourth-order valence-corrected chi connectivity index (χ4v) is 2.88. The Morgan fingerprint density at radius 3 is 2.84 bits per heavy atom. The van der Waals surface area contributed by atoms with Crippen LogP contribution in [0.5, 0.6) is 0 Å². The Bertz CT molecular complexity index is 665. The van der Waals surface area contributed by atoms with Crippen LogP contribution >= 0.6 is 11.3 Å². The second-order valence-electron chi connectivity index (χ2n) is 4.64. The fourth-order valence-electron chi connectivity index (χ4n) is 1.94. The first-order valence-electron chi connectivity index (χ1n) is 6.23. The Kier molecular flexibility index (Phi) is 3.17. The van der Waals surface area contributed by atoms with E-state index in [-0.39, 0.29) is 0 Å². The van der Waals surface area contributed by atoms with E-state index in [1.807, 2.05) is 12.3 Å². The van der Waals surface area contributed by atoms with Crippen LogP contribution in [0, 0.1) is 13.8 Å². The Morgan fingerprint density at radius 2 is 2.05 bits per heavy atom. The molecule has 2 heterocycles. The van der Waals surface area contributed by atoms with Gasteiger partial charge in [0, 0.05) is 18.9 Å². The van der Waals surface area contributed by atoms with Crippen molar-refractivity contribution in [1.82, 2.24) is 9.97 Å². The second-order valence-corrected chi connectivity index (χ2v) is 5.67. The summed E-state index contributed by atoms with van der Waals surface area (Å²) in [6.45, 7) is 5.01. The number of aromatic nitrogens is 2. The fraction of sp³-hybridized carbons (Fsp3) is 0.200. The van der Waals surface area contributed by atoms with Crippen molar-refractivity contribution in [2.45, 2.75) is 20.4 Å². The average Bonchev–Trinajstić information content (AvgIpc) is 2.80. The van der Waals surface area contributed by atoms with E-state index in [9.17, 15) is 0 Å². The minimum Gasteiger partial charge on any atom is -0.357 e. The second kappa shape index (κ2) is 4.97. The molecule has 0 unspecified atom stereocenters. The largest absolute Gasteiger partial charge is 0.357 e. The first kappa shape index (κ1) is 12.1. The normalized spacial score (nSPS) is 10.8. The van der Waals surface area contributed by atoms with Gasteiger partial charge in [-0.2, -0.15) is 0 Å². The smallest absolute Gasteiger partial charge is 0.184 e. The Labute approximate surface area is 116 Å². The van der Waals surface area contributed by atoms with Gasteiger partial charge in [0.15, 0.2) is 5.13 Å². The summed E-state index contributed by atoms with van der Waals surface area (Å²) < 4.78 is 1.23. The first-order valence-corrected chi connectivity index (χ1v) is 7.04. The number of nitrogens with one attached hydrogen (secondary N) is 1. The summed E-state index contributed by atoms with van der Waals surface area (Å²) in [4.78, 5) is 8.72. The highest BCUT2D eigenvalue weighted by Crippen LogP contribution is 2.28. The molecule has 19 heavy (non-hydrogen) atoms. The number of fused-ring (bicyclic) bond motifs is 1. The van der Waals surface area contributed by atoms with Crippen LogP contribution in [0.3, 0.4) is 0 Å². The van der Waals surface area contributed by atoms with Crippen molar-refractivity contribution < 1.29 is 0 Å². The zero-order chi connectivity index (χ0) is 13.2. The molecular weight excluding hydrogens is 254 g/mol. The van der Waals surface area contributed by atoms with Crippen molar-refractivity contribution in [3.63, 3.8) is 0 Å². The topological polar surface area (TPSA) is 37.8 Å². The molecule has 3 nitrogen and oxygen atoms in total. The van der Waals surface area contributed by atoms with E-state index in [0.717, 1.165) is 22.8 Å². The van der Waals surface area contributed by atoms with Crippen LogP contribution in [-0.2, 0) is 6.54 Å². The van der Waals surface area contributed by atoms with Crippen LogP contribution in [0.25, 0.3) is 10.2 Å². The third kappa shape index (κ3) is 2.58. The first-order chi connectivity index (χ1) is 9.22. The van der Waals surface area contributed by atoms with Crippen LogP contribution < -0.4 is 5.32 Å². The number of rotatable bonds is 3. The predicted molar refractivity (Wildman–Crippen MR) is 80.7 cm³/mol.